The van der Waals surface area contributed by atoms with Crippen molar-refractivity contribution in [3.05, 3.63) is 60.2 Å². The number of benzene rings is 2. The van der Waals surface area contributed by atoms with E-state index in [9.17, 15) is 29.1 Å². The van der Waals surface area contributed by atoms with Crippen LogP contribution in [0.5, 0.6) is 0 Å². The Morgan fingerprint density at radius 2 is 1.57 bits per heavy atom. The number of nitrogens with one attached hydrogen (secondary N) is 3. The lowest BCUT2D eigenvalue weighted by Crippen LogP contribution is -2.56. The Hall–Kier alpha value is -4.25. The first-order chi connectivity index (χ1) is 19.0. The number of aliphatic hydroxyl groups is 1. The van der Waals surface area contributed by atoms with Gasteiger partial charge in [0.2, 0.25) is 29.5 Å². The molecule has 0 aromatic heterocycles. The molecule has 0 radical (unpaired) electrons. The molecule has 2 aromatic carbocycles. The Bertz CT molecular complexity index is 1200. The number of aliphatic hydroxyl groups excluding tert-OH is 1. The van der Waals surface area contributed by atoms with Crippen molar-refractivity contribution in [3.63, 3.8) is 0 Å². The molecule has 0 unspecified atom stereocenters. The number of nitrogens with zero attached hydrogens (tertiary/aromatic N) is 1. The Morgan fingerprint density at radius 3 is 2.17 bits per heavy atom. The molecular weight excluding hydrogens is 514 g/mol. The largest absolute Gasteiger partial charge is 0.391 e. The molecule has 0 aliphatic carbocycles. The van der Waals surface area contributed by atoms with Gasteiger partial charge in [-0.15, -0.1) is 0 Å². The average Bonchev–Trinajstić information content (AvgIpc) is 3.31. The molecule has 0 spiro atoms. The van der Waals surface area contributed by atoms with Crippen molar-refractivity contribution in [2.75, 3.05) is 13.1 Å². The maximum Gasteiger partial charge on any atom is 0.245 e. The highest BCUT2D eigenvalue weighted by Crippen LogP contribution is 2.22. The molecular formula is C29H37N5O6. The van der Waals surface area contributed by atoms with Crippen molar-refractivity contribution in [2.24, 2.45) is 5.73 Å². The van der Waals surface area contributed by atoms with Crippen LogP contribution in [0.1, 0.15) is 38.7 Å². The summed E-state index contributed by atoms with van der Waals surface area (Å²) < 4.78 is 0. The number of hydrogen-bond acceptors (Lipinski definition) is 6. The SMILES string of the molecule is CC(=O)NCCC[C@H](NC(C)=O)C(=O)N1C[C@H](O)C[C@H]1C(=O)N[C@H](Cc1ccc(-c2ccccc2)cc1)C(N)=O. The molecule has 1 aliphatic rings. The van der Waals surface area contributed by atoms with Crippen molar-refractivity contribution >= 4 is 29.5 Å². The van der Waals surface area contributed by atoms with Gasteiger partial charge in [0.1, 0.15) is 18.1 Å². The molecule has 11 nitrogen and oxygen atoms in total. The van der Waals surface area contributed by atoms with Crippen LogP contribution in [0.15, 0.2) is 54.6 Å². The number of rotatable bonds is 12. The van der Waals surface area contributed by atoms with Crippen molar-refractivity contribution in [3.8, 4) is 11.1 Å². The first kappa shape index (κ1) is 30.3. The molecule has 1 saturated heterocycles. The van der Waals surface area contributed by atoms with E-state index in [0.717, 1.165) is 16.7 Å². The molecule has 11 heteroatoms. The van der Waals surface area contributed by atoms with Crippen molar-refractivity contribution in [1.82, 2.24) is 20.9 Å². The lowest BCUT2D eigenvalue weighted by atomic mass is 10.00. The number of primary amides is 1. The summed E-state index contributed by atoms with van der Waals surface area (Å²) >= 11 is 0. The van der Waals surface area contributed by atoms with Gasteiger partial charge in [0, 0.05) is 39.8 Å². The average molecular weight is 552 g/mol. The summed E-state index contributed by atoms with van der Waals surface area (Å²) in [5.74, 6) is -2.51. The number of hydrogen-bond donors (Lipinski definition) is 5. The maximum absolute atomic E-state index is 13.4. The van der Waals surface area contributed by atoms with Gasteiger partial charge in [0.15, 0.2) is 0 Å². The molecule has 2 aromatic rings. The van der Waals surface area contributed by atoms with E-state index in [-0.39, 0.29) is 31.7 Å². The molecule has 6 N–H and O–H groups in total. The minimum Gasteiger partial charge on any atom is -0.391 e. The van der Waals surface area contributed by atoms with E-state index in [2.05, 4.69) is 16.0 Å². The number of likely N-dealkylation sites (tertiary alicyclic amines) is 1. The normalized spacial score (nSPS) is 17.9. The lowest BCUT2D eigenvalue weighted by Gasteiger charge is -2.29. The smallest absolute Gasteiger partial charge is 0.245 e. The van der Waals surface area contributed by atoms with E-state index in [1.807, 2.05) is 54.6 Å². The molecule has 214 valence electrons. The topological polar surface area (TPSA) is 171 Å². The van der Waals surface area contributed by atoms with Gasteiger partial charge in [0.25, 0.3) is 0 Å². The summed E-state index contributed by atoms with van der Waals surface area (Å²) in [4.78, 5) is 63.0. The number of nitrogens with two attached hydrogens (primary N) is 1. The van der Waals surface area contributed by atoms with Gasteiger partial charge in [0.05, 0.1) is 6.10 Å². The predicted molar refractivity (Wildman–Crippen MR) is 148 cm³/mol. The zero-order valence-corrected chi connectivity index (χ0v) is 22.8. The van der Waals surface area contributed by atoms with Gasteiger partial charge in [-0.25, -0.2) is 0 Å². The third-order valence-electron chi connectivity index (χ3n) is 6.74. The first-order valence-corrected chi connectivity index (χ1v) is 13.3. The van der Waals surface area contributed by atoms with Gasteiger partial charge < -0.3 is 31.7 Å². The zero-order chi connectivity index (χ0) is 29.2. The quantitative estimate of drug-likeness (QED) is 0.237. The number of amides is 5. The summed E-state index contributed by atoms with van der Waals surface area (Å²) in [7, 11) is 0. The van der Waals surface area contributed by atoms with E-state index < -0.39 is 47.9 Å². The van der Waals surface area contributed by atoms with Crippen LogP contribution in [0.2, 0.25) is 0 Å². The third kappa shape index (κ3) is 8.63. The van der Waals surface area contributed by atoms with E-state index in [4.69, 9.17) is 5.73 Å². The van der Waals surface area contributed by atoms with Crippen LogP contribution >= 0.6 is 0 Å². The Balaban J connectivity index is 1.68. The van der Waals surface area contributed by atoms with Crippen LogP contribution in [0, 0.1) is 0 Å². The monoisotopic (exact) mass is 551 g/mol. The highest BCUT2D eigenvalue weighted by Gasteiger charge is 2.42. The molecule has 0 bridgehead atoms. The summed E-state index contributed by atoms with van der Waals surface area (Å²) in [5.41, 5.74) is 8.44. The van der Waals surface area contributed by atoms with E-state index in [0.29, 0.717) is 13.0 Å². The molecule has 3 rings (SSSR count). The van der Waals surface area contributed by atoms with Crippen molar-refractivity contribution in [2.45, 2.75) is 63.8 Å². The molecule has 1 fully saturated rings. The predicted octanol–water partition coefficient (Wildman–Crippen LogP) is 0.249. The van der Waals surface area contributed by atoms with Crippen molar-refractivity contribution < 1.29 is 29.1 Å². The fourth-order valence-electron chi connectivity index (χ4n) is 4.77. The molecule has 5 amide bonds. The fourth-order valence-corrected chi connectivity index (χ4v) is 4.77. The highest BCUT2D eigenvalue weighted by molar-refractivity contribution is 5.94. The maximum atomic E-state index is 13.4. The molecule has 1 aliphatic heterocycles. The number of carbonyl (C=O) groups excluding carboxylic acids is 5. The summed E-state index contributed by atoms with van der Waals surface area (Å²) in [6.07, 6.45) is -0.182. The molecule has 0 saturated carbocycles. The zero-order valence-electron chi connectivity index (χ0n) is 22.8. The second-order valence-electron chi connectivity index (χ2n) is 10.0. The van der Waals surface area contributed by atoms with Crippen LogP contribution in [0.4, 0.5) is 0 Å². The first-order valence-electron chi connectivity index (χ1n) is 13.3. The molecule has 40 heavy (non-hydrogen) atoms. The van der Waals surface area contributed by atoms with Gasteiger partial charge in [-0.05, 0) is 29.5 Å². The highest BCUT2D eigenvalue weighted by atomic mass is 16.3. The van der Waals surface area contributed by atoms with Crippen LogP contribution in [0.25, 0.3) is 11.1 Å². The molecule has 4 atom stereocenters. The Labute approximate surface area is 233 Å². The summed E-state index contributed by atoms with van der Waals surface area (Å²) in [5, 5.41) is 18.2. The Morgan fingerprint density at radius 1 is 0.925 bits per heavy atom. The minimum atomic E-state index is -1.04. The van der Waals surface area contributed by atoms with E-state index in [1.165, 1.54) is 18.7 Å². The summed E-state index contributed by atoms with van der Waals surface area (Å²) in [6, 6.07) is 14.3. The van der Waals surface area contributed by atoms with Crippen LogP contribution in [-0.4, -0.2) is 76.9 Å². The fraction of sp³-hybridized carbons (Fsp3) is 0.414. The van der Waals surface area contributed by atoms with Crippen LogP contribution in [-0.2, 0) is 30.4 Å². The van der Waals surface area contributed by atoms with Gasteiger partial charge in [-0.3, -0.25) is 24.0 Å². The Kier molecular flexibility index (Phi) is 10.8. The summed E-state index contributed by atoms with van der Waals surface area (Å²) in [6.45, 7) is 2.88. The van der Waals surface area contributed by atoms with Crippen LogP contribution < -0.4 is 21.7 Å². The standard InChI is InChI=1S/C29H37N5O6/c1-18(35)31-14-6-9-24(32-19(2)36)29(40)34-17-23(37)16-26(34)28(39)33-25(27(30)38)15-20-10-12-22(13-11-20)21-7-4-3-5-8-21/h3-5,7-8,10-13,23-26,37H,6,9,14-17H2,1-2H3,(H2,30,38)(H,31,35)(H,32,36)(H,33,39)/t23-,24+,25-,26+/m1/s1. The van der Waals surface area contributed by atoms with Gasteiger partial charge >= 0.3 is 0 Å². The van der Waals surface area contributed by atoms with Gasteiger partial charge in [-0.1, -0.05) is 54.6 Å². The second kappa shape index (κ2) is 14.2. The van der Waals surface area contributed by atoms with E-state index >= 15 is 0 Å². The third-order valence-corrected chi connectivity index (χ3v) is 6.74. The minimum absolute atomic E-state index is 0.0203. The van der Waals surface area contributed by atoms with Crippen molar-refractivity contribution in [1.29, 1.82) is 0 Å². The second-order valence-corrected chi connectivity index (χ2v) is 10.0. The van der Waals surface area contributed by atoms with Gasteiger partial charge in [-0.2, -0.15) is 0 Å². The van der Waals surface area contributed by atoms with E-state index in [1.54, 1.807) is 0 Å². The molecule has 1 heterocycles. The number of β-amino-alcohol motifs (C(OH)–C–C–N with tert-alkyl or cyclic N) is 1. The lowest BCUT2D eigenvalue weighted by molar-refractivity contribution is -0.142. The number of carbonyl (C=O) groups is 5. The van der Waals surface area contributed by atoms with Crippen LogP contribution in [0.3, 0.4) is 0 Å².